The maximum atomic E-state index is 12.9. The van der Waals surface area contributed by atoms with Crippen LogP contribution in [-0.4, -0.2) is 52.7 Å². The molecule has 9 nitrogen and oxygen atoms in total. The number of anilines is 2. The van der Waals surface area contributed by atoms with Gasteiger partial charge in [0.1, 0.15) is 12.3 Å². The Bertz CT molecular complexity index is 1040. The van der Waals surface area contributed by atoms with E-state index in [4.69, 9.17) is 9.47 Å². The number of aryl methyl sites for hydroxylation is 1. The molecule has 2 N–H and O–H groups in total. The number of halogens is 2. The second-order valence-electron chi connectivity index (χ2n) is 6.87. The van der Waals surface area contributed by atoms with Crippen molar-refractivity contribution in [1.29, 1.82) is 0 Å². The number of ether oxygens (including phenoxy) is 2. The fraction of sp³-hybridized carbons (Fsp3) is 0.333. The Hall–Kier alpha value is -3.60. The van der Waals surface area contributed by atoms with Crippen molar-refractivity contribution >= 4 is 17.7 Å². The Morgan fingerprint density at radius 3 is 2.84 bits per heavy atom. The van der Waals surface area contributed by atoms with E-state index in [0.717, 1.165) is 16.7 Å². The van der Waals surface area contributed by atoms with Gasteiger partial charge in [0.25, 0.3) is 6.43 Å². The van der Waals surface area contributed by atoms with E-state index in [0.29, 0.717) is 25.4 Å². The topological polar surface area (TPSA) is 103 Å². The van der Waals surface area contributed by atoms with Crippen LogP contribution in [0.5, 0.6) is 0 Å². The summed E-state index contributed by atoms with van der Waals surface area (Å²) in [7, 11) is 1.53. The van der Waals surface area contributed by atoms with Gasteiger partial charge in [-0.1, -0.05) is 6.07 Å². The number of carbonyl (C=O) groups is 1. The molecule has 0 atom stereocenters. The van der Waals surface area contributed by atoms with Crippen molar-refractivity contribution < 1.29 is 23.0 Å². The van der Waals surface area contributed by atoms with Crippen LogP contribution in [0.4, 0.5) is 25.2 Å². The number of methoxy groups -OCH3 is 1. The molecular formula is C21H24F2N6O3. The van der Waals surface area contributed by atoms with Gasteiger partial charge >= 0.3 is 6.09 Å². The average Bonchev–Trinajstić information content (AvgIpc) is 3.23. The Balaban J connectivity index is 1.63. The van der Waals surface area contributed by atoms with Crippen LogP contribution >= 0.6 is 0 Å². The third-order valence-electron chi connectivity index (χ3n) is 4.33. The number of hydrogen-bond acceptors (Lipinski definition) is 7. The predicted octanol–water partition coefficient (Wildman–Crippen LogP) is 3.70. The highest BCUT2D eigenvalue weighted by Crippen LogP contribution is 2.26. The minimum Gasteiger partial charge on any atom is -0.447 e. The van der Waals surface area contributed by atoms with E-state index in [1.807, 2.05) is 31.3 Å². The molecule has 3 aromatic rings. The van der Waals surface area contributed by atoms with E-state index >= 15 is 0 Å². The number of nitrogens with one attached hydrogen (secondary N) is 2. The van der Waals surface area contributed by atoms with Gasteiger partial charge in [-0.3, -0.25) is 4.68 Å². The molecule has 3 rings (SSSR count). The van der Waals surface area contributed by atoms with Gasteiger partial charge in [-0.25, -0.2) is 23.5 Å². The molecule has 0 aliphatic heterocycles. The van der Waals surface area contributed by atoms with Crippen molar-refractivity contribution in [3.8, 4) is 11.1 Å². The summed E-state index contributed by atoms with van der Waals surface area (Å²) in [6, 6.07) is 6.89. The van der Waals surface area contributed by atoms with E-state index < -0.39 is 12.5 Å². The van der Waals surface area contributed by atoms with Crippen LogP contribution in [0, 0.1) is 6.92 Å². The first-order valence-electron chi connectivity index (χ1n) is 9.87. The second-order valence-corrected chi connectivity index (χ2v) is 6.87. The van der Waals surface area contributed by atoms with Gasteiger partial charge in [0, 0.05) is 37.3 Å². The van der Waals surface area contributed by atoms with Crippen LogP contribution in [0.25, 0.3) is 11.1 Å². The zero-order chi connectivity index (χ0) is 22.9. The maximum absolute atomic E-state index is 12.9. The number of nitrogens with zero attached hydrogens (tertiary/aromatic N) is 4. The van der Waals surface area contributed by atoms with Crippen molar-refractivity contribution in [2.75, 3.05) is 32.2 Å². The minimum atomic E-state index is -2.67. The lowest BCUT2D eigenvalue weighted by Gasteiger charge is -2.09. The van der Waals surface area contributed by atoms with Gasteiger partial charge in [-0.2, -0.15) is 5.10 Å². The molecule has 2 aromatic heterocycles. The number of hydrogen-bond donors (Lipinski definition) is 2. The van der Waals surface area contributed by atoms with Crippen molar-refractivity contribution in [2.24, 2.45) is 0 Å². The van der Waals surface area contributed by atoms with Crippen molar-refractivity contribution in [3.05, 3.63) is 54.1 Å². The van der Waals surface area contributed by atoms with Gasteiger partial charge in [0.2, 0.25) is 5.95 Å². The standard InChI is InChI=1S/C21H24F2N6O3/c1-14-9-15(11-17(10-14)27-20-24-4-3-18(28-20)19(22)23)16-12-26-29(13-16)6-5-25-21(30)32-8-7-31-2/h3-4,9-13,19H,5-8H2,1-2H3,(H,25,30)(H,24,27,28). The smallest absolute Gasteiger partial charge is 0.407 e. The second kappa shape index (κ2) is 11.1. The van der Waals surface area contributed by atoms with Crippen molar-refractivity contribution in [3.63, 3.8) is 0 Å². The summed E-state index contributed by atoms with van der Waals surface area (Å²) in [6.07, 6.45) is 1.67. The molecule has 0 aliphatic carbocycles. The fourth-order valence-corrected chi connectivity index (χ4v) is 2.88. The molecule has 1 amide bonds. The number of aromatic nitrogens is 4. The average molecular weight is 446 g/mol. The van der Waals surface area contributed by atoms with Gasteiger partial charge in [0.15, 0.2) is 0 Å². The van der Waals surface area contributed by atoms with E-state index in [2.05, 4.69) is 25.7 Å². The summed E-state index contributed by atoms with van der Waals surface area (Å²) in [5, 5.41) is 9.93. The van der Waals surface area contributed by atoms with E-state index in [9.17, 15) is 13.6 Å². The third kappa shape index (κ3) is 6.71. The lowest BCUT2D eigenvalue weighted by Crippen LogP contribution is -2.28. The zero-order valence-electron chi connectivity index (χ0n) is 17.7. The first-order chi connectivity index (χ1) is 15.4. The zero-order valence-corrected chi connectivity index (χ0v) is 17.7. The molecule has 0 unspecified atom stereocenters. The molecule has 1 aromatic carbocycles. The van der Waals surface area contributed by atoms with E-state index in [1.165, 1.54) is 19.4 Å². The number of amides is 1. The Morgan fingerprint density at radius 2 is 2.06 bits per heavy atom. The SMILES string of the molecule is COCCOC(=O)NCCn1cc(-c2cc(C)cc(Nc3nccc(C(F)F)n3)c2)cn1. The Morgan fingerprint density at radius 1 is 1.22 bits per heavy atom. The summed E-state index contributed by atoms with van der Waals surface area (Å²) in [4.78, 5) is 19.4. The van der Waals surface area contributed by atoms with Crippen molar-refractivity contribution in [2.45, 2.75) is 19.9 Å². The van der Waals surface area contributed by atoms with E-state index in [1.54, 1.807) is 10.9 Å². The van der Waals surface area contributed by atoms with Gasteiger partial charge in [0.05, 0.1) is 19.3 Å². The van der Waals surface area contributed by atoms with Crippen LogP contribution in [0.2, 0.25) is 0 Å². The van der Waals surface area contributed by atoms with E-state index in [-0.39, 0.29) is 18.2 Å². The molecule has 2 heterocycles. The van der Waals surface area contributed by atoms with Gasteiger partial charge in [-0.05, 0) is 36.2 Å². The number of alkyl halides is 2. The quantitative estimate of drug-likeness (QED) is 0.458. The summed E-state index contributed by atoms with van der Waals surface area (Å²) in [5.41, 5.74) is 3.04. The Labute approximate surface area is 183 Å². The summed E-state index contributed by atoms with van der Waals surface area (Å²) in [6.45, 7) is 3.27. The molecule has 11 heteroatoms. The molecule has 0 saturated carbocycles. The molecular weight excluding hydrogens is 422 g/mol. The molecule has 0 fully saturated rings. The molecule has 0 spiro atoms. The highest BCUT2D eigenvalue weighted by Gasteiger charge is 2.11. The summed E-state index contributed by atoms with van der Waals surface area (Å²) < 4.78 is 37.2. The van der Waals surface area contributed by atoms with Crippen LogP contribution in [0.3, 0.4) is 0 Å². The summed E-state index contributed by atoms with van der Waals surface area (Å²) >= 11 is 0. The number of rotatable bonds is 10. The molecule has 0 radical (unpaired) electrons. The molecule has 32 heavy (non-hydrogen) atoms. The van der Waals surface area contributed by atoms with Crippen LogP contribution in [0.1, 0.15) is 17.7 Å². The Kier molecular flexibility index (Phi) is 8.03. The molecule has 0 saturated heterocycles. The van der Waals surface area contributed by atoms with Crippen molar-refractivity contribution in [1.82, 2.24) is 25.1 Å². The third-order valence-corrected chi connectivity index (χ3v) is 4.33. The van der Waals surface area contributed by atoms with Gasteiger partial charge < -0.3 is 20.1 Å². The number of benzene rings is 1. The number of alkyl carbamates (subject to hydrolysis) is 1. The number of carbonyl (C=O) groups excluding carboxylic acids is 1. The molecule has 0 aliphatic rings. The monoisotopic (exact) mass is 446 g/mol. The predicted molar refractivity (Wildman–Crippen MR) is 114 cm³/mol. The van der Waals surface area contributed by atoms with Crippen LogP contribution in [-0.2, 0) is 16.0 Å². The molecule has 0 bridgehead atoms. The van der Waals surface area contributed by atoms with Crippen LogP contribution in [0.15, 0.2) is 42.9 Å². The lowest BCUT2D eigenvalue weighted by atomic mass is 10.1. The first-order valence-corrected chi connectivity index (χ1v) is 9.87. The van der Waals surface area contributed by atoms with Gasteiger partial charge in [-0.15, -0.1) is 0 Å². The highest BCUT2D eigenvalue weighted by atomic mass is 19.3. The fourth-order valence-electron chi connectivity index (χ4n) is 2.88. The first kappa shape index (κ1) is 23.1. The minimum absolute atomic E-state index is 0.0958. The summed E-state index contributed by atoms with van der Waals surface area (Å²) in [5.74, 6) is 0.0958. The molecule has 170 valence electrons. The highest BCUT2D eigenvalue weighted by molar-refractivity contribution is 5.70. The lowest BCUT2D eigenvalue weighted by molar-refractivity contribution is 0.0984. The van der Waals surface area contributed by atoms with Crippen LogP contribution < -0.4 is 10.6 Å². The maximum Gasteiger partial charge on any atom is 0.407 e. The largest absolute Gasteiger partial charge is 0.447 e. The normalized spacial score (nSPS) is 10.9.